The molecule has 1 saturated heterocycles. The van der Waals surface area contributed by atoms with Gasteiger partial charge in [0, 0.05) is 20.1 Å². The largest absolute Gasteiger partial charge is 0.444 e. The molecule has 1 aromatic rings. The fourth-order valence-electron chi connectivity index (χ4n) is 2.92. The summed E-state index contributed by atoms with van der Waals surface area (Å²) < 4.78 is 46.5. The average Bonchev–Trinajstić information content (AvgIpc) is 2.74. The van der Waals surface area contributed by atoms with Crippen molar-refractivity contribution in [2.45, 2.75) is 45.0 Å². The molecule has 10 heteroatoms. The number of alkyl halides is 3. The first-order chi connectivity index (χ1) is 11.4. The second-order valence-electron chi connectivity index (χ2n) is 7.27. The number of piperidine rings is 1. The summed E-state index contributed by atoms with van der Waals surface area (Å²) in [6.45, 7) is 5.02. The number of halogens is 3. The summed E-state index contributed by atoms with van der Waals surface area (Å²) in [5.74, 6) is -1.18. The van der Waals surface area contributed by atoms with Gasteiger partial charge in [-0.1, -0.05) is 0 Å². The van der Waals surface area contributed by atoms with Gasteiger partial charge in [-0.25, -0.2) is 4.79 Å². The minimum Gasteiger partial charge on any atom is -0.444 e. The number of nitrogens with zero attached hydrogens (tertiary/aromatic N) is 3. The number of amides is 1. The highest BCUT2D eigenvalue weighted by Crippen LogP contribution is 2.36. The quantitative estimate of drug-likeness (QED) is 0.842. The standard InChI is InChI=1S/C15H24F3N5O2/c1-14(2,3)25-13(24)21-10-5-9(15(16,17)18)7-23(8-10)12-11(19)6-20-22(12)4/h6,9-10H,5,7-8,19H2,1-4H3,(H,21,24)/t9-,10?/m1/s1. The zero-order chi connectivity index (χ0) is 19.0. The van der Waals surface area contributed by atoms with Crippen LogP contribution in [0.15, 0.2) is 6.20 Å². The lowest BCUT2D eigenvalue weighted by Gasteiger charge is -2.40. The number of alkyl carbamates (subject to hydrolysis) is 1. The van der Waals surface area contributed by atoms with Gasteiger partial charge in [-0.05, 0) is 27.2 Å². The van der Waals surface area contributed by atoms with Crippen molar-refractivity contribution in [1.82, 2.24) is 15.1 Å². The van der Waals surface area contributed by atoms with Gasteiger partial charge in [0.25, 0.3) is 0 Å². The molecule has 142 valence electrons. The van der Waals surface area contributed by atoms with Crippen LogP contribution in [0, 0.1) is 5.92 Å². The van der Waals surface area contributed by atoms with Gasteiger partial charge in [0.1, 0.15) is 11.4 Å². The molecule has 1 amide bonds. The summed E-state index contributed by atoms with van der Waals surface area (Å²) >= 11 is 0. The summed E-state index contributed by atoms with van der Waals surface area (Å²) in [6.07, 6.45) is -3.93. The Kier molecular flexibility index (Phi) is 5.10. The van der Waals surface area contributed by atoms with Gasteiger partial charge in [0.15, 0.2) is 0 Å². The van der Waals surface area contributed by atoms with E-state index < -0.39 is 29.8 Å². The minimum atomic E-state index is -4.38. The van der Waals surface area contributed by atoms with E-state index in [1.165, 1.54) is 15.8 Å². The molecule has 0 bridgehead atoms. The molecule has 0 saturated carbocycles. The molecule has 25 heavy (non-hydrogen) atoms. The van der Waals surface area contributed by atoms with E-state index in [0.717, 1.165) is 0 Å². The number of aryl methyl sites for hydroxylation is 1. The zero-order valence-corrected chi connectivity index (χ0v) is 14.7. The summed E-state index contributed by atoms with van der Waals surface area (Å²) in [5.41, 5.74) is 5.40. The maximum atomic E-state index is 13.3. The van der Waals surface area contributed by atoms with Crippen LogP contribution in [0.1, 0.15) is 27.2 Å². The molecule has 1 fully saturated rings. The molecule has 1 aromatic heterocycles. The van der Waals surface area contributed by atoms with Gasteiger partial charge in [-0.15, -0.1) is 0 Å². The van der Waals surface area contributed by atoms with Gasteiger partial charge in [-0.3, -0.25) is 4.68 Å². The topological polar surface area (TPSA) is 85.4 Å². The smallest absolute Gasteiger partial charge is 0.407 e. The Morgan fingerprint density at radius 3 is 2.48 bits per heavy atom. The Morgan fingerprint density at radius 1 is 1.36 bits per heavy atom. The van der Waals surface area contributed by atoms with Crippen molar-refractivity contribution < 1.29 is 22.7 Å². The highest BCUT2D eigenvalue weighted by Gasteiger charge is 2.45. The molecule has 1 aliphatic rings. The second kappa shape index (κ2) is 6.64. The van der Waals surface area contributed by atoms with Crippen LogP contribution in [0.3, 0.4) is 0 Å². The molecule has 0 aromatic carbocycles. The minimum absolute atomic E-state index is 0.190. The van der Waals surface area contributed by atoms with Crippen molar-refractivity contribution in [3.05, 3.63) is 6.20 Å². The number of anilines is 2. The Hall–Kier alpha value is -2.13. The predicted molar refractivity (Wildman–Crippen MR) is 87.2 cm³/mol. The van der Waals surface area contributed by atoms with Gasteiger partial charge < -0.3 is 20.7 Å². The van der Waals surface area contributed by atoms with E-state index in [2.05, 4.69) is 10.4 Å². The molecule has 0 radical (unpaired) electrons. The molecule has 0 spiro atoms. The van der Waals surface area contributed by atoms with Crippen LogP contribution < -0.4 is 16.0 Å². The van der Waals surface area contributed by atoms with E-state index in [1.54, 1.807) is 27.8 Å². The van der Waals surface area contributed by atoms with E-state index in [-0.39, 0.29) is 19.5 Å². The first-order valence-corrected chi connectivity index (χ1v) is 7.95. The molecule has 2 atom stereocenters. The Morgan fingerprint density at radius 2 is 2.00 bits per heavy atom. The molecular weight excluding hydrogens is 339 g/mol. The van der Waals surface area contributed by atoms with Crippen LogP contribution in [-0.4, -0.2) is 46.8 Å². The lowest BCUT2D eigenvalue weighted by atomic mass is 9.93. The van der Waals surface area contributed by atoms with Crippen LogP contribution in [-0.2, 0) is 11.8 Å². The Labute approximate surface area is 144 Å². The number of carbonyl (C=O) groups excluding carboxylic acids is 1. The monoisotopic (exact) mass is 363 g/mol. The highest BCUT2D eigenvalue weighted by atomic mass is 19.4. The Bertz CT molecular complexity index is 604. The first-order valence-electron chi connectivity index (χ1n) is 7.95. The van der Waals surface area contributed by atoms with Crippen molar-refractivity contribution in [1.29, 1.82) is 0 Å². The fraction of sp³-hybridized carbons (Fsp3) is 0.733. The van der Waals surface area contributed by atoms with Crippen LogP contribution >= 0.6 is 0 Å². The predicted octanol–water partition coefficient (Wildman–Crippen LogP) is 2.28. The Balaban J connectivity index is 2.18. The molecule has 2 heterocycles. The number of hydrogen-bond acceptors (Lipinski definition) is 5. The second-order valence-corrected chi connectivity index (χ2v) is 7.27. The number of nitrogens with two attached hydrogens (primary N) is 1. The van der Waals surface area contributed by atoms with E-state index in [4.69, 9.17) is 10.5 Å². The first kappa shape index (κ1) is 19.2. The molecular formula is C15H24F3N5O2. The van der Waals surface area contributed by atoms with E-state index in [9.17, 15) is 18.0 Å². The van der Waals surface area contributed by atoms with Crippen LogP contribution in [0.2, 0.25) is 0 Å². The molecule has 1 unspecified atom stereocenters. The molecule has 1 aliphatic heterocycles. The maximum Gasteiger partial charge on any atom is 0.407 e. The maximum absolute atomic E-state index is 13.3. The summed E-state index contributed by atoms with van der Waals surface area (Å²) in [5, 5.41) is 6.50. The number of nitrogen functional groups attached to an aromatic ring is 1. The lowest BCUT2D eigenvalue weighted by molar-refractivity contribution is -0.177. The lowest BCUT2D eigenvalue weighted by Crippen LogP contribution is -2.55. The van der Waals surface area contributed by atoms with Gasteiger partial charge >= 0.3 is 12.3 Å². The normalized spacial score (nSPS) is 22.0. The molecule has 0 aliphatic carbocycles. The van der Waals surface area contributed by atoms with E-state index >= 15 is 0 Å². The zero-order valence-electron chi connectivity index (χ0n) is 14.7. The van der Waals surface area contributed by atoms with Crippen molar-refractivity contribution in [2.75, 3.05) is 23.7 Å². The molecule has 2 rings (SSSR count). The SMILES string of the molecule is Cn1ncc(N)c1N1CC(NC(=O)OC(C)(C)C)C[C@@H](C(F)(F)F)C1. The van der Waals surface area contributed by atoms with Gasteiger partial charge in [0.2, 0.25) is 0 Å². The van der Waals surface area contributed by atoms with Crippen LogP contribution in [0.4, 0.5) is 29.5 Å². The number of ether oxygens (including phenoxy) is 1. The molecule has 3 N–H and O–H groups in total. The van der Waals surface area contributed by atoms with Crippen molar-refractivity contribution in [2.24, 2.45) is 13.0 Å². The fourth-order valence-corrected chi connectivity index (χ4v) is 2.92. The summed E-state index contributed by atoms with van der Waals surface area (Å²) in [4.78, 5) is 13.4. The number of rotatable bonds is 2. The number of aromatic nitrogens is 2. The third kappa shape index (κ3) is 4.93. The average molecular weight is 363 g/mol. The summed E-state index contributed by atoms with van der Waals surface area (Å²) in [6, 6.07) is -0.718. The number of nitrogens with one attached hydrogen (secondary N) is 1. The highest BCUT2D eigenvalue weighted by molar-refractivity contribution is 5.68. The van der Waals surface area contributed by atoms with E-state index in [1.807, 2.05) is 0 Å². The van der Waals surface area contributed by atoms with E-state index in [0.29, 0.717) is 11.5 Å². The van der Waals surface area contributed by atoms with Crippen molar-refractivity contribution >= 4 is 17.6 Å². The third-order valence-corrected chi connectivity index (χ3v) is 3.87. The van der Waals surface area contributed by atoms with Crippen molar-refractivity contribution in [3.63, 3.8) is 0 Å². The third-order valence-electron chi connectivity index (χ3n) is 3.87. The van der Waals surface area contributed by atoms with Crippen LogP contribution in [0.25, 0.3) is 0 Å². The van der Waals surface area contributed by atoms with Crippen LogP contribution in [0.5, 0.6) is 0 Å². The molecule has 7 nitrogen and oxygen atoms in total. The number of carbonyl (C=O) groups is 1. The van der Waals surface area contributed by atoms with Crippen molar-refractivity contribution in [3.8, 4) is 0 Å². The summed E-state index contributed by atoms with van der Waals surface area (Å²) in [7, 11) is 1.61. The number of hydrogen-bond donors (Lipinski definition) is 2. The van der Waals surface area contributed by atoms with Gasteiger partial charge in [0.05, 0.1) is 23.8 Å². The van der Waals surface area contributed by atoms with Gasteiger partial charge in [-0.2, -0.15) is 18.3 Å².